The summed E-state index contributed by atoms with van der Waals surface area (Å²) in [7, 11) is 0. The van der Waals surface area contributed by atoms with Crippen LogP contribution in [0, 0.1) is 6.92 Å². The Morgan fingerprint density at radius 1 is 1.26 bits per heavy atom. The van der Waals surface area contributed by atoms with E-state index in [0.717, 1.165) is 10.0 Å². The molecule has 0 fully saturated rings. The van der Waals surface area contributed by atoms with E-state index in [2.05, 4.69) is 26.6 Å². The second-order valence-corrected chi connectivity index (χ2v) is 6.03. The third kappa shape index (κ3) is 5.54. The molecule has 0 aliphatic carbocycles. The zero-order chi connectivity index (χ0) is 16.8. The fourth-order valence-electron chi connectivity index (χ4n) is 1.74. The number of benzene rings is 2. The SMILES string of the molecule is Cc1ccc(OCC(=O)NC(=S)Nc2ccc(O)cc2)c(Br)c1. The van der Waals surface area contributed by atoms with Gasteiger partial charge in [-0.2, -0.15) is 0 Å². The Bertz CT molecular complexity index is 720. The molecule has 120 valence electrons. The highest BCUT2D eigenvalue weighted by Crippen LogP contribution is 2.25. The second kappa shape index (κ2) is 7.94. The molecule has 2 rings (SSSR count). The Hall–Kier alpha value is -2.12. The first-order valence-electron chi connectivity index (χ1n) is 6.73. The normalized spacial score (nSPS) is 10.0. The lowest BCUT2D eigenvalue weighted by atomic mass is 10.2. The third-order valence-corrected chi connectivity index (χ3v) is 3.65. The molecule has 0 atom stereocenters. The summed E-state index contributed by atoms with van der Waals surface area (Å²) in [4.78, 5) is 11.8. The van der Waals surface area contributed by atoms with Gasteiger partial charge in [0.15, 0.2) is 11.7 Å². The van der Waals surface area contributed by atoms with E-state index in [1.807, 2.05) is 19.1 Å². The van der Waals surface area contributed by atoms with Crippen molar-refractivity contribution >= 4 is 44.9 Å². The van der Waals surface area contributed by atoms with E-state index in [4.69, 9.17) is 17.0 Å². The standard InChI is InChI=1S/C16H15BrN2O3S/c1-10-2-7-14(13(17)8-10)22-9-15(21)19-16(23)18-11-3-5-12(20)6-4-11/h2-8,20H,9H2,1H3,(H2,18,19,21,23). The van der Waals surface area contributed by atoms with Crippen molar-refractivity contribution in [3.8, 4) is 11.5 Å². The number of thiocarbonyl (C=S) groups is 1. The number of aryl methyl sites for hydroxylation is 1. The number of carbonyl (C=O) groups is 1. The van der Waals surface area contributed by atoms with Crippen LogP contribution in [0.3, 0.4) is 0 Å². The molecular weight excluding hydrogens is 380 g/mol. The predicted octanol–water partition coefficient (Wildman–Crippen LogP) is 3.36. The number of amides is 1. The van der Waals surface area contributed by atoms with Gasteiger partial charge in [0.25, 0.3) is 5.91 Å². The highest BCUT2D eigenvalue weighted by Gasteiger charge is 2.08. The Kier molecular flexibility index (Phi) is 5.95. The summed E-state index contributed by atoms with van der Waals surface area (Å²) in [6, 6.07) is 11.9. The molecule has 7 heteroatoms. The van der Waals surface area contributed by atoms with Gasteiger partial charge in [-0.1, -0.05) is 6.07 Å². The maximum Gasteiger partial charge on any atom is 0.264 e. The largest absolute Gasteiger partial charge is 0.508 e. The van der Waals surface area contributed by atoms with Crippen LogP contribution in [0.2, 0.25) is 0 Å². The van der Waals surface area contributed by atoms with Gasteiger partial charge in [-0.3, -0.25) is 10.1 Å². The van der Waals surface area contributed by atoms with E-state index in [9.17, 15) is 9.90 Å². The Balaban J connectivity index is 1.82. The Morgan fingerprint density at radius 2 is 1.96 bits per heavy atom. The van der Waals surface area contributed by atoms with E-state index in [0.29, 0.717) is 11.4 Å². The van der Waals surface area contributed by atoms with Gasteiger partial charge in [0.1, 0.15) is 11.5 Å². The van der Waals surface area contributed by atoms with Crippen molar-refractivity contribution < 1.29 is 14.6 Å². The van der Waals surface area contributed by atoms with Crippen LogP contribution in [0.1, 0.15) is 5.56 Å². The van der Waals surface area contributed by atoms with Crippen LogP contribution < -0.4 is 15.4 Å². The minimum atomic E-state index is -0.367. The van der Waals surface area contributed by atoms with Gasteiger partial charge < -0.3 is 15.2 Å². The van der Waals surface area contributed by atoms with Gasteiger partial charge in [0, 0.05) is 5.69 Å². The summed E-state index contributed by atoms with van der Waals surface area (Å²) in [5.74, 6) is 0.375. The number of phenols is 1. The van der Waals surface area contributed by atoms with Crippen LogP contribution in [0.15, 0.2) is 46.9 Å². The molecule has 0 unspecified atom stereocenters. The first kappa shape index (κ1) is 17.2. The van der Waals surface area contributed by atoms with Gasteiger partial charge in [0.05, 0.1) is 4.47 Å². The number of phenolic OH excluding ortho intramolecular Hbond substituents is 1. The molecule has 0 heterocycles. The first-order valence-corrected chi connectivity index (χ1v) is 7.93. The second-order valence-electron chi connectivity index (χ2n) is 4.77. The molecule has 2 aromatic rings. The number of anilines is 1. The van der Waals surface area contributed by atoms with Crippen LogP contribution in [0.5, 0.6) is 11.5 Å². The fourth-order valence-corrected chi connectivity index (χ4v) is 2.58. The summed E-state index contributed by atoms with van der Waals surface area (Å²) in [5.41, 5.74) is 1.75. The molecule has 1 amide bonds. The van der Waals surface area contributed by atoms with Gasteiger partial charge in [-0.05, 0) is 77.0 Å². The van der Waals surface area contributed by atoms with Gasteiger partial charge in [0.2, 0.25) is 0 Å². The Morgan fingerprint density at radius 3 is 2.61 bits per heavy atom. The number of rotatable bonds is 4. The van der Waals surface area contributed by atoms with Crippen LogP contribution in [0.25, 0.3) is 0 Å². The summed E-state index contributed by atoms with van der Waals surface area (Å²) in [5, 5.41) is 14.7. The van der Waals surface area contributed by atoms with E-state index >= 15 is 0 Å². The minimum absolute atomic E-state index is 0.154. The molecule has 0 spiro atoms. The molecule has 0 saturated heterocycles. The average Bonchev–Trinajstić information content (AvgIpc) is 2.48. The summed E-state index contributed by atoms with van der Waals surface area (Å²) in [6.07, 6.45) is 0. The number of ether oxygens (including phenoxy) is 1. The number of halogens is 1. The highest BCUT2D eigenvalue weighted by atomic mass is 79.9. The molecule has 0 aliphatic rings. The molecule has 23 heavy (non-hydrogen) atoms. The Labute approximate surface area is 147 Å². The smallest absolute Gasteiger partial charge is 0.264 e. The van der Waals surface area contributed by atoms with Crippen molar-refractivity contribution in [3.63, 3.8) is 0 Å². The molecule has 5 nitrogen and oxygen atoms in total. The zero-order valence-electron chi connectivity index (χ0n) is 12.3. The maximum atomic E-state index is 11.8. The van der Waals surface area contributed by atoms with Crippen molar-refractivity contribution in [2.24, 2.45) is 0 Å². The molecule has 0 saturated carbocycles. The monoisotopic (exact) mass is 394 g/mol. The van der Waals surface area contributed by atoms with E-state index in [1.165, 1.54) is 12.1 Å². The number of hydrogen-bond acceptors (Lipinski definition) is 4. The number of hydrogen-bond donors (Lipinski definition) is 3. The van der Waals surface area contributed by atoms with Gasteiger partial charge in [-0.15, -0.1) is 0 Å². The van der Waals surface area contributed by atoms with Crippen molar-refractivity contribution in [1.82, 2.24) is 5.32 Å². The number of carbonyl (C=O) groups excluding carboxylic acids is 1. The topological polar surface area (TPSA) is 70.6 Å². The minimum Gasteiger partial charge on any atom is -0.508 e. The lowest BCUT2D eigenvalue weighted by Crippen LogP contribution is -2.37. The van der Waals surface area contributed by atoms with Crippen LogP contribution in [-0.2, 0) is 4.79 Å². The molecule has 0 aromatic heterocycles. The summed E-state index contributed by atoms with van der Waals surface area (Å²) < 4.78 is 6.23. The summed E-state index contributed by atoms with van der Waals surface area (Å²) in [6.45, 7) is 1.81. The van der Waals surface area contributed by atoms with Gasteiger partial charge in [-0.25, -0.2) is 0 Å². The lowest BCUT2D eigenvalue weighted by Gasteiger charge is -2.11. The molecule has 3 N–H and O–H groups in total. The van der Waals surface area contributed by atoms with Crippen LogP contribution in [0.4, 0.5) is 5.69 Å². The fraction of sp³-hybridized carbons (Fsp3) is 0.125. The van der Waals surface area contributed by atoms with Crippen molar-refractivity contribution in [1.29, 1.82) is 0 Å². The third-order valence-electron chi connectivity index (χ3n) is 2.82. The molecule has 0 aliphatic heterocycles. The van der Waals surface area contributed by atoms with Crippen molar-refractivity contribution in [3.05, 3.63) is 52.5 Å². The predicted molar refractivity (Wildman–Crippen MR) is 96.8 cm³/mol. The lowest BCUT2D eigenvalue weighted by molar-refractivity contribution is -0.121. The quantitative estimate of drug-likeness (QED) is 0.547. The first-order chi connectivity index (χ1) is 10.9. The van der Waals surface area contributed by atoms with E-state index < -0.39 is 0 Å². The van der Waals surface area contributed by atoms with Gasteiger partial charge >= 0.3 is 0 Å². The molecule has 2 aromatic carbocycles. The number of aromatic hydroxyl groups is 1. The van der Waals surface area contributed by atoms with E-state index in [-0.39, 0.29) is 23.4 Å². The highest BCUT2D eigenvalue weighted by molar-refractivity contribution is 9.10. The van der Waals surface area contributed by atoms with Crippen molar-refractivity contribution in [2.45, 2.75) is 6.92 Å². The molecule has 0 radical (unpaired) electrons. The van der Waals surface area contributed by atoms with Crippen molar-refractivity contribution in [2.75, 3.05) is 11.9 Å². The molecular formula is C16H15BrN2O3S. The maximum absolute atomic E-state index is 11.8. The van der Waals surface area contributed by atoms with E-state index in [1.54, 1.807) is 18.2 Å². The number of nitrogens with one attached hydrogen (secondary N) is 2. The van der Waals surface area contributed by atoms with Crippen LogP contribution >= 0.6 is 28.1 Å². The summed E-state index contributed by atoms with van der Waals surface area (Å²) >= 11 is 8.43. The van der Waals surface area contributed by atoms with Crippen LogP contribution in [-0.4, -0.2) is 22.7 Å². The molecule has 0 bridgehead atoms. The average molecular weight is 395 g/mol. The zero-order valence-corrected chi connectivity index (χ0v) is 14.7.